The Morgan fingerprint density at radius 3 is 2.67 bits per heavy atom. The summed E-state index contributed by atoms with van der Waals surface area (Å²) >= 11 is 0. The standard InChI is InChI=1S/C14H17N3O/c1-3-17-11(2)9-13(16-17)14(18)15-10-12-7-5-4-6-8-12/h4-9H,3,10H2,1-2H3,(H,15,18). The second-order valence-electron chi connectivity index (χ2n) is 4.15. The molecule has 1 heterocycles. The van der Waals surface area contributed by atoms with Crippen molar-refractivity contribution < 1.29 is 4.79 Å². The van der Waals surface area contributed by atoms with E-state index in [9.17, 15) is 4.79 Å². The summed E-state index contributed by atoms with van der Waals surface area (Å²) in [6.07, 6.45) is 0. The minimum atomic E-state index is -0.130. The van der Waals surface area contributed by atoms with Gasteiger partial charge >= 0.3 is 0 Å². The molecule has 1 N–H and O–H groups in total. The second-order valence-corrected chi connectivity index (χ2v) is 4.15. The highest BCUT2D eigenvalue weighted by atomic mass is 16.1. The topological polar surface area (TPSA) is 46.9 Å². The van der Waals surface area contributed by atoms with Gasteiger partial charge in [0.05, 0.1) is 0 Å². The Morgan fingerprint density at radius 1 is 1.33 bits per heavy atom. The molecule has 4 heteroatoms. The minimum Gasteiger partial charge on any atom is -0.347 e. The van der Waals surface area contributed by atoms with Gasteiger partial charge in [-0.1, -0.05) is 30.3 Å². The van der Waals surface area contributed by atoms with Crippen LogP contribution in [0.15, 0.2) is 36.4 Å². The lowest BCUT2D eigenvalue weighted by Gasteiger charge is -2.02. The molecular weight excluding hydrogens is 226 g/mol. The summed E-state index contributed by atoms with van der Waals surface area (Å²) in [6, 6.07) is 11.6. The normalized spacial score (nSPS) is 10.3. The summed E-state index contributed by atoms with van der Waals surface area (Å²) in [4.78, 5) is 11.9. The molecule has 1 aromatic carbocycles. The summed E-state index contributed by atoms with van der Waals surface area (Å²) in [5.41, 5.74) is 2.56. The Balaban J connectivity index is 1.99. The maximum Gasteiger partial charge on any atom is 0.272 e. The van der Waals surface area contributed by atoms with E-state index >= 15 is 0 Å². The van der Waals surface area contributed by atoms with Gasteiger partial charge in [0.1, 0.15) is 5.69 Å². The molecule has 0 atom stereocenters. The summed E-state index contributed by atoms with van der Waals surface area (Å²) in [5.74, 6) is -0.130. The van der Waals surface area contributed by atoms with E-state index in [0.29, 0.717) is 12.2 Å². The molecule has 0 fully saturated rings. The van der Waals surface area contributed by atoms with E-state index in [4.69, 9.17) is 0 Å². The fourth-order valence-corrected chi connectivity index (χ4v) is 1.81. The number of nitrogens with one attached hydrogen (secondary N) is 1. The van der Waals surface area contributed by atoms with Gasteiger partial charge in [-0.2, -0.15) is 5.10 Å². The van der Waals surface area contributed by atoms with Gasteiger partial charge in [-0.25, -0.2) is 0 Å². The first-order valence-corrected chi connectivity index (χ1v) is 6.07. The van der Waals surface area contributed by atoms with Crippen LogP contribution in [0.5, 0.6) is 0 Å². The lowest BCUT2D eigenvalue weighted by Crippen LogP contribution is -2.23. The lowest BCUT2D eigenvalue weighted by atomic mass is 10.2. The highest BCUT2D eigenvalue weighted by Crippen LogP contribution is 2.04. The number of rotatable bonds is 4. The molecule has 2 rings (SSSR count). The third kappa shape index (κ3) is 2.77. The Labute approximate surface area is 107 Å². The van der Waals surface area contributed by atoms with Crippen LogP contribution >= 0.6 is 0 Å². The molecule has 0 unspecified atom stereocenters. The number of aromatic nitrogens is 2. The molecule has 0 aliphatic carbocycles. The smallest absolute Gasteiger partial charge is 0.272 e. The number of hydrogen-bond acceptors (Lipinski definition) is 2. The Kier molecular flexibility index (Phi) is 3.77. The third-order valence-electron chi connectivity index (χ3n) is 2.81. The fraction of sp³-hybridized carbons (Fsp3) is 0.286. The molecule has 0 aliphatic rings. The maximum atomic E-state index is 11.9. The molecule has 0 saturated heterocycles. The van der Waals surface area contributed by atoms with E-state index in [1.165, 1.54) is 0 Å². The molecule has 0 saturated carbocycles. The van der Waals surface area contributed by atoms with Crippen LogP contribution in [0.4, 0.5) is 0 Å². The number of carbonyl (C=O) groups excluding carboxylic acids is 1. The van der Waals surface area contributed by atoms with Crippen LogP contribution in [0.25, 0.3) is 0 Å². The number of amides is 1. The molecule has 1 amide bonds. The van der Waals surface area contributed by atoms with Gasteiger partial charge in [-0.3, -0.25) is 9.48 Å². The highest BCUT2D eigenvalue weighted by molar-refractivity contribution is 5.92. The number of carbonyl (C=O) groups is 1. The zero-order valence-corrected chi connectivity index (χ0v) is 10.7. The van der Waals surface area contributed by atoms with Crippen molar-refractivity contribution in [1.29, 1.82) is 0 Å². The summed E-state index contributed by atoms with van der Waals surface area (Å²) in [5, 5.41) is 7.11. The first-order chi connectivity index (χ1) is 8.70. The lowest BCUT2D eigenvalue weighted by molar-refractivity contribution is 0.0945. The van der Waals surface area contributed by atoms with Gasteiger partial charge < -0.3 is 5.32 Å². The van der Waals surface area contributed by atoms with E-state index in [1.54, 1.807) is 0 Å². The van der Waals surface area contributed by atoms with Crippen molar-refractivity contribution in [1.82, 2.24) is 15.1 Å². The quantitative estimate of drug-likeness (QED) is 0.894. The van der Waals surface area contributed by atoms with Gasteiger partial charge in [-0.15, -0.1) is 0 Å². The van der Waals surface area contributed by atoms with Crippen molar-refractivity contribution in [2.24, 2.45) is 0 Å². The van der Waals surface area contributed by atoms with E-state index in [1.807, 2.05) is 54.9 Å². The summed E-state index contributed by atoms with van der Waals surface area (Å²) in [7, 11) is 0. The molecule has 18 heavy (non-hydrogen) atoms. The average Bonchev–Trinajstić information content (AvgIpc) is 2.78. The molecular formula is C14H17N3O. The molecule has 0 spiro atoms. The van der Waals surface area contributed by atoms with Crippen LogP contribution in [0.3, 0.4) is 0 Å². The largest absolute Gasteiger partial charge is 0.347 e. The molecule has 0 bridgehead atoms. The summed E-state index contributed by atoms with van der Waals surface area (Å²) in [6.45, 7) is 5.26. The summed E-state index contributed by atoms with van der Waals surface area (Å²) < 4.78 is 1.82. The van der Waals surface area contributed by atoms with Crippen molar-refractivity contribution in [3.63, 3.8) is 0 Å². The molecule has 0 aliphatic heterocycles. The maximum absolute atomic E-state index is 11.9. The van der Waals surface area contributed by atoms with Gasteiger partial charge in [-0.05, 0) is 25.5 Å². The molecule has 1 aromatic heterocycles. The fourth-order valence-electron chi connectivity index (χ4n) is 1.81. The second kappa shape index (κ2) is 5.49. The Hall–Kier alpha value is -2.10. The number of nitrogens with zero attached hydrogens (tertiary/aromatic N) is 2. The zero-order valence-electron chi connectivity index (χ0n) is 10.7. The monoisotopic (exact) mass is 243 g/mol. The number of aryl methyl sites for hydroxylation is 2. The predicted molar refractivity (Wildman–Crippen MR) is 70.3 cm³/mol. The van der Waals surface area contributed by atoms with Crippen molar-refractivity contribution in [3.05, 3.63) is 53.3 Å². The van der Waals surface area contributed by atoms with Crippen molar-refractivity contribution in [2.45, 2.75) is 26.9 Å². The number of benzene rings is 1. The van der Waals surface area contributed by atoms with Gasteiger partial charge in [0.2, 0.25) is 0 Å². The van der Waals surface area contributed by atoms with Gasteiger partial charge in [0, 0.05) is 18.8 Å². The van der Waals surface area contributed by atoms with Crippen LogP contribution in [0.1, 0.15) is 28.7 Å². The molecule has 94 valence electrons. The highest BCUT2D eigenvalue weighted by Gasteiger charge is 2.10. The average molecular weight is 243 g/mol. The first-order valence-electron chi connectivity index (χ1n) is 6.07. The van der Waals surface area contributed by atoms with Gasteiger partial charge in [0.15, 0.2) is 0 Å². The Bertz CT molecular complexity index is 531. The molecule has 0 radical (unpaired) electrons. The van der Waals surface area contributed by atoms with E-state index in [0.717, 1.165) is 17.8 Å². The number of hydrogen-bond donors (Lipinski definition) is 1. The SMILES string of the molecule is CCn1nc(C(=O)NCc2ccccc2)cc1C. The van der Waals surface area contributed by atoms with Crippen LogP contribution < -0.4 is 5.32 Å². The van der Waals surface area contributed by atoms with Crippen LogP contribution in [0, 0.1) is 6.92 Å². The van der Waals surface area contributed by atoms with Gasteiger partial charge in [0.25, 0.3) is 5.91 Å². The van der Waals surface area contributed by atoms with E-state index in [2.05, 4.69) is 10.4 Å². The van der Waals surface area contributed by atoms with Crippen molar-refractivity contribution in [2.75, 3.05) is 0 Å². The zero-order chi connectivity index (χ0) is 13.0. The van der Waals surface area contributed by atoms with Crippen molar-refractivity contribution in [3.8, 4) is 0 Å². The third-order valence-corrected chi connectivity index (χ3v) is 2.81. The van der Waals surface area contributed by atoms with E-state index in [-0.39, 0.29) is 5.91 Å². The minimum absolute atomic E-state index is 0.130. The Morgan fingerprint density at radius 2 is 2.06 bits per heavy atom. The van der Waals surface area contributed by atoms with Crippen LogP contribution in [-0.4, -0.2) is 15.7 Å². The van der Waals surface area contributed by atoms with Crippen molar-refractivity contribution >= 4 is 5.91 Å². The van der Waals surface area contributed by atoms with E-state index < -0.39 is 0 Å². The molecule has 4 nitrogen and oxygen atoms in total. The van der Waals surface area contributed by atoms with Crippen LogP contribution in [0.2, 0.25) is 0 Å². The molecule has 2 aromatic rings. The van der Waals surface area contributed by atoms with Crippen LogP contribution in [-0.2, 0) is 13.1 Å². The predicted octanol–water partition coefficient (Wildman–Crippen LogP) is 2.14. The first kappa shape index (κ1) is 12.4.